The molecule has 2 fully saturated rings. The Balaban J connectivity index is 1.88. The Bertz CT molecular complexity index is 871. The highest BCUT2D eigenvalue weighted by molar-refractivity contribution is 5.95. The van der Waals surface area contributed by atoms with Crippen molar-refractivity contribution in [1.29, 1.82) is 0 Å². The van der Waals surface area contributed by atoms with Gasteiger partial charge in [-0.3, -0.25) is 9.69 Å². The van der Waals surface area contributed by atoms with E-state index in [-0.39, 0.29) is 25.4 Å². The lowest BCUT2D eigenvalue weighted by Gasteiger charge is -2.36. The molecule has 0 aromatic heterocycles. The number of nitrogens with zero attached hydrogens (tertiary/aromatic N) is 1. The number of hydrogen-bond donors (Lipinski definition) is 1. The molecule has 3 atom stereocenters. The van der Waals surface area contributed by atoms with Crippen LogP contribution in [0.2, 0.25) is 0 Å². The first-order valence-electron chi connectivity index (χ1n) is 9.82. The van der Waals surface area contributed by atoms with Gasteiger partial charge in [0.05, 0.1) is 14.2 Å². The van der Waals surface area contributed by atoms with E-state index >= 15 is 0 Å². The number of carbonyl (C=O) groups is 4. The second-order valence-corrected chi connectivity index (χ2v) is 7.84. The fourth-order valence-electron chi connectivity index (χ4n) is 4.36. The number of methoxy groups -OCH3 is 2. The largest absolute Gasteiger partial charge is 0.467 e. The van der Waals surface area contributed by atoms with Crippen LogP contribution in [0.25, 0.3) is 0 Å². The van der Waals surface area contributed by atoms with Gasteiger partial charge in [-0.25, -0.2) is 14.4 Å². The van der Waals surface area contributed by atoms with Crippen molar-refractivity contribution in [1.82, 2.24) is 10.2 Å². The summed E-state index contributed by atoms with van der Waals surface area (Å²) in [5.41, 5.74) is -2.04. The summed E-state index contributed by atoms with van der Waals surface area (Å²) < 4.78 is 21.0. The van der Waals surface area contributed by atoms with Crippen LogP contribution in [0.1, 0.15) is 32.3 Å². The van der Waals surface area contributed by atoms with E-state index in [4.69, 9.17) is 18.9 Å². The zero-order valence-corrected chi connectivity index (χ0v) is 17.9. The Labute approximate surface area is 179 Å². The highest BCUT2D eigenvalue weighted by Crippen LogP contribution is 2.49. The smallest absolute Gasteiger partial charge is 0.408 e. The van der Waals surface area contributed by atoms with Crippen LogP contribution >= 0.6 is 0 Å². The van der Waals surface area contributed by atoms with Gasteiger partial charge in [0, 0.05) is 6.42 Å². The van der Waals surface area contributed by atoms with Crippen LogP contribution in [-0.4, -0.2) is 66.5 Å². The van der Waals surface area contributed by atoms with Gasteiger partial charge in [0.2, 0.25) is 5.91 Å². The van der Waals surface area contributed by atoms with Crippen molar-refractivity contribution in [3.05, 3.63) is 35.9 Å². The number of hydrogen-bond acceptors (Lipinski definition) is 8. The first-order chi connectivity index (χ1) is 14.7. The number of alkyl carbamates (subject to hydrolysis) is 1. The zero-order chi connectivity index (χ0) is 22.8. The van der Waals surface area contributed by atoms with Crippen molar-refractivity contribution < 1.29 is 38.1 Å². The Morgan fingerprint density at radius 2 is 1.87 bits per heavy atom. The molecule has 2 saturated heterocycles. The molecule has 1 N–H and O–H groups in total. The van der Waals surface area contributed by atoms with Crippen molar-refractivity contribution in [3.63, 3.8) is 0 Å². The molecule has 0 aliphatic carbocycles. The summed E-state index contributed by atoms with van der Waals surface area (Å²) >= 11 is 0. The zero-order valence-electron chi connectivity index (χ0n) is 17.9. The lowest BCUT2D eigenvalue weighted by molar-refractivity contribution is -0.160. The molecule has 2 aliphatic heterocycles. The lowest BCUT2D eigenvalue weighted by Crippen LogP contribution is -2.64. The van der Waals surface area contributed by atoms with Crippen LogP contribution in [-0.2, 0) is 39.9 Å². The summed E-state index contributed by atoms with van der Waals surface area (Å²) in [6.07, 6.45) is -1.99. The molecule has 3 rings (SSSR count). The van der Waals surface area contributed by atoms with Gasteiger partial charge in [0.15, 0.2) is 11.6 Å². The SMILES string of the molecule is COC(=O)[C@H](NC(=O)OCc1ccccc1)[C@@H]1OC(C)(C)N2C(=O)CC[C@]12C(=O)OC. The third-order valence-electron chi connectivity index (χ3n) is 5.58. The molecular weight excluding hydrogens is 408 g/mol. The van der Waals surface area contributed by atoms with Crippen molar-refractivity contribution in [2.75, 3.05) is 14.2 Å². The molecule has 0 spiro atoms. The third kappa shape index (κ3) is 3.95. The van der Waals surface area contributed by atoms with E-state index in [1.54, 1.807) is 38.1 Å². The van der Waals surface area contributed by atoms with Crippen LogP contribution in [0, 0.1) is 0 Å². The minimum Gasteiger partial charge on any atom is -0.467 e. The standard InChI is InChI=1S/C21H26N2O8/c1-20(2)23-14(24)10-11-21(23,18(26)29-4)16(31-20)15(17(25)28-3)22-19(27)30-12-13-8-6-5-7-9-13/h5-9,15-16H,10-12H2,1-4H3,(H,22,27)/t15-,16+,21-/m1/s1. The molecule has 10 nitrogen and oxygen atoms in total. The predicted octanol–water partition coefficient (Wildman–Crippen LogP) is 1.12. The van der Waals surface area contributed by atoms with Crippen molar-refractivity contribution in [2.24, 2.45) is 0 Å². The van der Waals surface area contributed by atoms with Crippen LogP contribution in [0.5, 0.6) is 0 Å². The van der Waals surface area contributed by atoms with Gasteiger partial charge in [-0.2, -0.15) is 0 Å². The number of esters is 2. The van der Waals surface area contributed by atoms with E-state index in [9.17, 15) is 19.2 Å². The molecule has 2 heterocycles. The van der Waals surface area contributed by atoms with E-state index in [2.05, 4.69) is 5.32 Å². The number of rotatable bonds is 6. The normalized spacial score (nSPS) is 24.8. The minimum atomic E-state index is -1.58. The topological polar surface area (TPSA) is 120 Å². The second kappa shape index (κ2) is 8.54. The summed E-state index contributed by atoms with van der Waals surface area (Å²) in [4.78, 5) is 51.9. The maximum atomic E-state index is 12.9. The number of ether oxygens (including phenoxy) is 4. The molecule has 0 bridgehead atoms. The molecule has 0 unspecified atom stereocenters. The molecule has 0 saturated carbocycles. The summed E-state index contributed by atoms with van der Waals surface area (Å²) in [6.45, 7) is 3.19. The number of nitrogens with one attached hydrogen (secondary N) is 1. The summed E-state index contributed by atoms with van der Waals surface area (Å²) in [5, 5.41) is 2.44. The minimum absolute atomic E-state index is 0.0235. The quantitative estimate of drug-likeness (QED) is 0.522. The first-order valence-corrected chi connectivity index (χ1v) is 9.82. The Morgan fingerprint density at radius 3 is 2.48 bits per heavy atom. The van der Waals surface area contributed by atoms with Crippen molar-refractivity contribution in [3.8, 4) is 0 Å². The Morgan fingerprint density at radius 1 is 1.19 bits per heavy atom. The van der Waals surface area contributed by atoms with Crippen molar-refractivity contribution >= 4 is 23.9 Å². The molecule has 10 heteroatoms. The summed E-state index contributed by atoms with van der Waals surface area (Å²) in [5.74, 6) is -1.89. The van der Waals surface area contributed by atoms with E-state index in [1.165, 1.54) is 12.0 Å². The molecule has 31 heavy (non-hydrogen) atoms. The molecule has 2 aliphatic rings. The number of carbonyl (C=O) groups excluding carboxylic acids is 4. The average Bonchev–Trinajstić information content (AvgIpc) is 3.24. The highest BCUT2D eigenvalue weighted by Gasteiger charge is 2.70. The Hall–Kier alpha value is -3.14. The monoisotopic (exact) mass is 434 g/mol. The molecule has 1 aromatic rings. The first kappa shape index (κ1) is 22.5. The van der Waals surface area contributed by atoms with E-state index < -0.39 is 41.4 Å². The summed E-state index contributed by atoms with van der Waals surface area (Å²) in [7, 11) is 2.34. The van der Waals surface area contributed by atoms with Gasteiger partial charge in [0.25, 0.3) is 0 Å². The molecule has 168 valence electrons. The van der Waals surface area contributed by atoms with Gasteiger partial charge in [-0.1, -0.05) is 30.3 Å². The van der Waals surface area contributed by atoms with Crippen LogP contribution in [0.3, 0.4) is 0 Å². The number of amides is 2. The van der Waals surface area contributed by atoms with Gasteiger partial charge in [0.1, 0.15) is 18.4 Å². The summed E-state index contributed by atoms with van der Waals surface area (Å²) in [6, 6.07) is 7.57. The van der Waals surface area contributed by atoms with Gasteiger partial charge >= 0.3 is 18.0 Å². The van der Waals surface area contributed by atoms with Gasteiger partial charge < -0.3 is 24.3 Å². The number of fused-ring (bicyclic) bond motifs is 1. The fourth-order valence-corrected chi connectivity index (χ4v) is 4.36. The lowest BCUT2D eigenvalue weighted by atomic mass is 9.85. The molecular formula is C21H26N2O8. The van der Waals surface area contributed by atoms with Gasteiger partial charge in [-0.15, -0.1) is 0 Å². The molecule has 0 radical (unpaired) electrons. The Kier molecular flexibility index (Phi) is 6.21. The predicted molar refractivity (Wildman–Crippen MR) is 105 cm³/mol. The van der Waals surface area contributed by atoms with E-state index in [0.29, 0.717) is 0 Å². The van der Waals surface area contributed by atoms with E-state index in [0.717, 1.165) is 12.7 Å². The van der Waals surface area contributed by atoms with Crippen LogP contribution in [0.4, 0.5) is 4.79 Å². The van der Waals surface area contributed by atoms with E-state index in [1.807, 2.05) is 6.07 Å². The van der Waals surface area contributed by atoms with Crippen molar-refractivity contribution in [2.45, 2.75) is 56.7 Å². The molecule has 1 aromatic carbocycles. The maximum Gasteiger partial charge on any atom is 0.408 e. The molecule has 2 amide bonds. The third-order valence-corrected chi connectivity index (χ3v) is 5.58. The highest BCUT2D eigenvalue weighted by atomic mass is 16.6. The maximum absolute atomic E-state index is 12.9. The van der Waals surface area contributed by atoms with Crippen LogP contribution < -0.4 is 5.32 Å². The fraction of sp³-hybridized carbons (Fsp3) is 0.524. The second-order valence-electron chi connectivity index (χ2n) is 7.84. The van der Waals surface area contributed by atoms with Crippen LogP contribution in [0.15, 0.2) is 30.3 Å². The van der Waals surface area contributed by atoms with Gasteiger partial charge in [-0.05, 0) is 25.8 Å². The average molecular weight is 434 g/mol. The number of benzene rings is 1.